The van der Waals surface area contributed by atoms with Gasteiger partial charge in [-0.15, -0.1) is 0 Å². The summed E-state index contributed by atoms with van der Waals surface area (Å²) in [6.45, 7) is 3.30. The molecule has 1 aliphatic carbocycles. The molecule has 1 aliphatic rings. The van der Waals surface area contributed by atoms with E-state index < -0.39 is 12.2 Å². The van der Waals surface area contributed by atoms with Gasteiger partial charge in [-0.25, -0.2) is 0 Å². The Hall–Kier alpha value is -2.79. The fourth-order valence-electron chi connectivity index (χ4n) is 4.15. The van der Waals surface area contributed by atoms with Crippen LogP contribution in [0.5, 0.6) is 0 Å². The van der Waals surface area contributed by atoms with Gasteiger partial charge in [0.2, 0.25) is 0 Å². The van der Waals surface area contributed by atoms with Gasteiger partial charge < -0.3 is 14.2 Å². The molecule has 0 amide bonds. The van der Waals surface area contributed by atoms with Crippen molar-refractivity contribution in [2.45, 2.75) is 51.5 Å². The lowest BCUT2D eigenvalue weighted by molar-refractivity contribution is -0.189. The molecule has 4 rings (SSSR count). The number of carbonyl (C=O) groups is 1. The molecule has 4 atom stereocenters. The molecule has 0 aliphatic heterocycles. The summed E-state index contributed by atoms with van der Waals surface area (Å²) in [5, 5.41) is 0. The predicted octanol–water partition coefficient (Wildman–Crippen LogP) is 5.35. The van der Waals surface area contributed by atoms with E-state index in [1.54, 1.807) is 0 Å². The van der Waals surface area contributed by atoms with Gasteiger partial charge in [0.05, 0.1) is 25.9 Å². The molecule has 3 aromatic rings. The molecular formula is C28H30O4. The lowest BCUT2D eigenvalue weighted by atomic mass is 9.82. The van der Waals surface area contributed by atoms with Crippen molar-refractivity contribution in [3.63, 3.8) is 0 Å². The lowest BCUT2D eigenvalue weighted by Crippen LogP contribution is -2.54. The minimum atomic E-state index is -0.657. The van der Waals surface area contributed by atoms with Crippen LogP contribution in [0.15, 0.2) is 91.0 Å². The van der Waals surface area contributed by atoms with Crippen LogP contribution in [0.2, 0.25) is 0 Å². The third-order valence-electron chi connectivity index (χ3n) is 5.87. The van der Waals surface area contributed by atoms with E-state index in [0.717, 1.165) is 16.7 Å². The number of ketones is 1. The molecule has 4 heteroatoms. The summed E-state index contributed by atoms with van der Waals surface area (Å²) >= 11 is 0. The van der Waals surface area contributed by atoms with Gasteiger partial charge in [-0.3, -0.25) is 4.79 Å². The number of benzene rings is 3. The Kier molecular flexibility index (Phi) is 7.83. The zero-order chi connectivity index (χ0) is 22.2. The van der Waals surface area contributed by atoms with Crippen LogP contribution >= 0.6 is 0 Å². The predicted molar refractivity (Wildman–Crippen MR) is 124 cm³/mol. The molecule has 0 bridgehead atoms. The molecule has 0 heterocycles. The van der Waals surface area contributed by atoms with Crippen molar-refractivity contribution < 1.29 is 19.0 Å². The first-order valence-corrected chi connectivity index (χ1v) is 11.2. The van der Waals surface area contributed by atoms with Gasteiger partial charge in [0.25, 0.3) is 0 Å². The lowest BCUT2D eigenvalue weighted by Gasteiger charge is -2.40. The molecule has 0 aromatic heterocycles. The van der Waals surface area contributed by atoms with Crippen LogP contribution < -0.4 is 0 Å². The Morgan fingerprint density at radius 3 is 1.50 bits per heavy atom. The zero-order valence-corrected chi connectivity index (χ0v) is 18.4. The summed E-state index contributed by atoms with van der Waals surface area (Å²) in [6.07, 6.45) is -0.948. The summed E-state index contributed by atoms with van der Waals surface area (Å²) in [4.78, 5) is 13.0. The number of hydrogen-bond acceptors (Lipinski definition) is 4. The van der Waals surface area contributed by atoms with Gasteiger partial charge in [-0.2, -0.15) is 0 Å². The van der Waals surface area contributed by atoms with Crippen LogP contribution in [0, 0.1) is 5.92 Å². The highest BCUT2D eigenvalue weighted by atomic mass is 16.6. The van der Waals surface area contributed by atoms with E-state index in [1.165, 1.54) is 0 Å². The molecule has 3 aromatic carbocycles. The Labute approximate surface area is 190 Å². The zero-order valence-electron chi connectivity index (χ0n) is 18.4. The van der Waals surface area contributed by atoms with E-state index >= 15 is 0 Å². The van der Waals surface area contributed by atoms with E-state index in [4.69, 9.17) is 14.2 Å². The average Bonchev–Trinajstić information content (AvgIpc) is 2.83. The Bertz CT molecular complexity index is 958. The highest BCUT2D eigenvalue weighted by molar-refractivity contribution is 5.85. The van der Waals surface area contributed by atoms with E-state index in [1.807, 2.05) is 91.0 Å². The van der Waals surface area contributed by atoms with Gasteiger partial charge in [-0.05, 0) is 22.6 Å². The second-order valence-electron chi connectivity index (χ2n) is 8.39. The van der Waals surface area contributed by atoms with Gasteiger partial charge in [0.15, 0.2) is 5.78 Å². The summed E-state index contributed by atoms with van der Waals surface area (Å²) < 4.78 is 18.9. The number of Topliss-reactive ketones (excluding diaryl/α,β-unsaturated/α-hetero) is 1. The van der Waals surface area contributed by atoms with Gasteiger partial charge in [0, 0.05) is 6.42 Å². The van der Waals surface area contributed by atoms with E-state index in [0.29, 0.717) is 26.2 Å². The average molecular weight is 431 g/mol. The number of carbonyl (C=O) groups excluding carboxylic acids is 1. The minimum absolute atomic E-state index is 0.0450. The maximum Gasteiger partial charge on any atom is 0.164 e. The van der Waals surface area contributed by atoms with Crippen LogP contribution in [-0.2, 0) is 38.8 Å². The van der Waals surface area contributed by atoms with Crippen LogP contribution in [-0.4, -0.2) is 24.1 Å². The standard InChI is InChI=1S/C28H30O4/c1-21-17-25(29)27(31-19-23-13-7-3-8-14-23)28(32-20-24-15-9-4-10-16-24)26(21)30-18-22-11-5-2-6-12-22/h2-16,21,26-28H,17-20H2,1H3/t21-,26-,27-,28-/m1/s1. The largest absolute Gasteiger partial charge is 0.370 e. The number of rotatable bonds is 9. The summed E-state index contributed by atoms with van der Waals surface area (Å²) in [5.41, 5.74) is 3.18. The van der Waals surface area contributed by atoms with Crippen molar-refractivity contribution >= 4 is 5.78 Å². The van der Waals surface area contributed by atoms with Crippen LogP contribution in [0.25, 0.3) is 0 Å². The van der Waals surface area contributed by atoms with Crippen molar-refractivity contribution in [2.75, 3.05) is 0 Å². The first-order chi connectivity index (χ1) is 15.7. The van der Waals surface area contributed by atoms with Crippen molar-refractivity contribution in [3.05, 3.63) is 108 Å². The first-order valence-electron chi connectivity index (χ1n) is 11.2. The van der Waals surface area contributed by atoms with Crippen molar-refractivity contribution in [3.8, 4) is 0 Å². The summed E-state index contributed by atoms with van der Waals surface area (Å²) in [7, 11) is 0. The van der Waals surface area contributed by atoms with Crippen molar-refractivity contribution in [2.24, 2.45) is 5.92 Å². The second kappa shape index (κ2) is 11.2. The molecule has 32 heavy (non-hydrogen) atoms. The fourth-order valence-corrected chi connectivity index (χ4v) is 4.15. The molecule has 1 fully saturated rings. The Morgan fingerprint density at radius 2 is 1.03 bits per heavy atom. The third-order valence-corrected chi connectivity index (χ3v) is 5.87. The van der Waals surface area contributed by atoms with E-state index in [9.17, 15) is 4.79 Å². The van der Waals surface area contributed by atoms with Crippen molar-refractivity contribution in [1.29, 1.82) is 0 Å². The minimum Gasteiger partial charge on any atom is -0.370 e. The van der Waals surface area contributed by atoms with Crippen LogP contribution in [0.4, 0.5) is 0 Å². The Morgan fingerprint density at radius 1 is 0.625 bits per heavy atom. The van der Waals surface area contributed by atoms with Gasteiger partial charge >= 0.3 is 0 Å². The molecule has 4 nitrogen and oxygen atoms in total. The first kappa shape index (κ1) is 22.4. The van der Waals surface area contributed by atoms with E-state index in [2.05, 4.69) is 6.92 Å². The quantitative estimate of drug-likeness (QED) is 0.459. The molecule has 0 N–H and O–H groups in total. The molecule has 1 saturated carbocycles. The fraction of sp³-hybridized carbons (Fsp3) is 0.321. The smallest absolute Gasteiger partial charge is 0.164 e. The SMILES string of the molecule is C[C@@H]1CC(=O)[C@@H](OCc2ccccc2)[C@H](OCc2ccccc2)[C@@H]1OCc1ccccc1. The monoisotopic (exact) mass is 430 g/mol. The summed E-state index contributed by atoms with van der Waals surface area (Å²) in [5.74, 6) is 0.120. The van der Waals surface area contributed by atoms with Gasteiger partial charge in [0.1, 0.15) is 12.2 Å². The number of hydrogen-bond donors (Lipinski definition) is 0. The van der Waals surface area contributed by atoms with Gasteiger partial charge in [-0.1, -0.05) is 97.9 Å². The molecule has 0 unspecified atom stereocenters. The topological polar surface area (TPSA) is 44.8 Å². The highest BCUT2D eigenvalue weighted by Crippen LogP contribution is 2.31. The maximum atomic E-state index is 13.0. The second-order valence-corrected chi connectivity index (χ2v) is 8.39. The van der Waals surface area contributed by atoms with Crippen molar-refractivity contribution in [1.82, 2.24) is 0 Å². The summed E-state index contributed by atoms with van der Waals surface area (Å²) in [6, 6.07) is 30.0. The van der Waals surface area contributed by atoms with E-state index in [-0.39, 0.29) is 17.8 Å². The highest BCUT2D eigenvalue weighted by Gasteiger charge is 2.45. The normalized spacial score (nSPS) is 23.2. The molecule has 166 valence electrons. The number of ether oxygens (including phenoxy) is 3. The molecular weight excluding hydrogens is 400 g/mol. The van der Waals surface area contributed by atoms with Crippen LogP contribution in [0.3, 0.4) is 0 Å². The Balaban J connectivity index is 1.51. The maximum absolute atomic E-state index is 13.0. The third kappa shape index (κ3) is 5.92. The molecule has 0 spiro atoms. The molecule has 0 saturated heterocycles. The van der Waals surface area contributed by atoms with Crippen LogP contribution in [0.1, 0.15) is 30.0 Å². The molecule has 0 radical (unpaired) electrons.